The van der Waals surface area contributed by atoms with Crippen LogP contribution >= 0.6 is 0 Å². The first-order chi connectivity index (χ1) is 16.3. The molecule has 0 aliphatic heterocycles. The second-order valence-electron chi connectivity index (χ2n) is 10.2. The number of allylic oxidation sites excluding steroid dienone is 1. The number of ether oxygens (including phenoxy) is 1. The molecule has 2 aliphatic rings. The molecule has 0 N–H and O–H groups in total. The highest BCUT2D eigenvalue weighted by molar-refractivity contribution is 5.32. The van der Waals surface area contributed by atoms with Crippen LogP contribution in [-0.4, -0.2) is 0 Å². The van der Waals surface area contributed by atoms with Crippen LogP contribution in [0.15, 0.2) is 60.7 Å². The molecule has 0 unspecified atom stereocenters. The van der Waals surface area contributed by atoms with E-state index in [-0.39, 0.29) is 11.3 Å². The maximum atomic E-state index is 14.8. The number of alkyl halides is 2. The van der Waals surface area contributed by atoms with Crippen LogP contribution in [0.5, 0.6) is 5.75 Å². The van der Waals surface area contributed by atoms with Gasteiger partial charge in [-0.3, -0.25) is 0 Å². The molecule has 0 amide bonds. The first-order valence-corrected chi connectivity index (χ1v) is 12.6. The van der Waals surface area contributed by atoms with Crippen LogP contribution in [0.4, 0.5) is 17.6 Å². The van der Waals surface area contributed by atoms with E-state index >= 15 is 0 Å². The van der Waals surface area contributed by atoms with Crippen LogP contribution in [0.2, 0.25) is 0 Å². The molecule has 0 atom stereocenters. The van der Waals surface area contributed by atoms with Gasteiger partial charge in [0.1, 0.15) is 5.75 Å². The fraction of sp³-hybridized carbons (Fsp3) is 0.517. The van der Waals surface area contributed by atoms with Crippen LogP contribution in [-0.2, 0) is 6.11 Å². The third-order valence-corrected chi connectivity index (χ3v) is 7.78. The number of rotatable bonds is 7. The number of benzene rings is 2. The van der Waals surface area contributed by atoms with E-state index in [2.05, 4.69) is 6.92 Å². The van der Waals surface area contributed by atoms with Crippen molar-refractivity contribution in [1.82, 2.24) is 0 Å². The summed E-state index contributed by atoms with van der Waals surface area (Å²) in [6, 6.07) is 13.5. The van der Waals surface area contributed by atoms with Crippen molar-refractivity contribution in [2.45, 2.75) is 82.7 Å². The Hall–Kier alpha value is -2.30. The van der Waals surface area contributed by atoms with E-state index in [0.717, 1.165) is 61.6 Å². The molecule has 2 aromatic rings. The summed E-state index contributed by atoms with van der Waals surface area (Å²) in [5.41, 5.74) is 2.09. The fourth-order valence-corrected chi connectivity index (χ4v) is 5.54. The maximum absolute atomic E-state index is 14.8. The van der Waals surface area contributed by atoms with Crippen molar-refractivity contribution in [1.29, 1.82) is 0 Å². The predicted molar refractivity (Wildman–Crippen MR) is 127 cm³/mol. The SMILES string of the molecule is CC1CCC(c2ccc(C(F)(F)Oc3ccc(C4CCC(CC=C(F)F)CC4)cc3)cc2)CC1. The van der Waals surface area contributed by atoms with Gasteiger partial charge in [-0.25, -0.2) is 0 Å². The molecule has 2 fully saturated rings. The topological polar surface area (TPSA) is 9.23 Å². The standard InChI is InChI=1S/C29H34F4O/c1-20-2-7-22(8-3-20)24-11-15-26(16-12-24)29(32,33)34-27-17-13-25(14-18-27)23-9-4-21(5-10-23)6-19-28(30)31/h11-23H,2-10H2,1H3. The molecule has 0 saturated heterocycles. The molecule has 0 bridgehead atoms. The zero-order valence-corrected chi connectivity index (χ0v) is 19.8. The van der Waals surface area contributed by atoms with E-state index < -0.39 is 12.2 Å². The lowest BCUT2D eigenvalue weighted by molar-refractivity contribution is -0.185. The van der Waals surface area contributed by atoms with Gasteiger partial charge in [-0.15, -0.1) is 0 Å². The van der Waals surface area contributed by atoms with Crippen molar-refractivity contribution in [2.24, 2.45) is 11.8 Å². The van der Waals surface area contributed by atoms with Gasteiger partial charge in [-0.1, -0.05) is 44.0 Å². The molecule has 0 aromatic heterocycles. The number of hydrogen-bond donors (Lipinski definition) is 0. The first-order valence-electron chi connectivity index (χ1n) is 12.6. The Morgan fingerprint density at radius 2 is 1.29 bits per heavy atom. The highest BCUT2D eigenvalue weighted by Crippen LogP contribution is 2.40. The highest BCUT2D eigenvalue weighted by Gasteiger charge is 2.35. The van der Waals surface area contributed by atoms with Gasteiger partial charge in [-0.2, -0.15) is 17.6 Å². The lowest BCUT2D eigenvalue weighted by Crippen LogP contribution is -2.22. The third kappa shape index (κ3) is 6.43. The lowest BCUT2D eigenvalue weighted by atomic mass is 9.77. The van der Waals surface area contributed by atoms with Gasteiger partial charge >= 0.3 is 6.11 Å². The van der Waals surface area contributed by atoms with Crippen molar-refractivity contribution in [3.8, 4) is 5.75 Å². The van der Waals surface area contributed by atoms with Crippen molar-refractivity contribution >= 4 is 0 Å². The van der Waals surface area contributed by atoms with E-state index in [4.69, 9.17) is 4.74 Å². The van der Waals surface area contributed by atoms with Gasteiger partial charge in [-0.05, 0) is 110 Å². The largest absolute Gasteiger partial charge is 0.429 e. The molecule has 0 heterocycles. The Morgan fingerprint density at radius 3 is 1.82 bits per heavy atom. The van der Waals surface area contributed by atoms with Crippen LogP contribution in [0.3, 0.4) is 0 Å². The minimum Gasteiger partial charge on any atom is -0.429 e. The predicted octanol–water partition coefficient (Wildman–Crippen LogP) is 9.55. The molecule has 5 heteroatoms. The lowest BCUT2D eigenvalue weighted by Gasteiger charge is -2.28. The summed E-state index contributed by atoms with van der Waals surface area (Å²) in [6.45, 7) is 2.27. The highest BCUT2D eigenvalue weighted by atomic mass is 19.3. The van der Waals surface area contributed by atoms with Crippen molar-refractivity contribution < 1.29 is 22.3 Å². The number of halogens is 4. The Kier molecular flexibility index (Phi) is 8.00. The molecule has 34 heavy (non-hydrogen) atoms. The summed E-state index contributed by atoms with van der Waals surface area (Å²) in [5, 5.41) is 0. The van der Waals surface area contributed by atoms with Crippen LogP contribution < -0.4 is 4.74 Å². The van der Waals surface area contributed by atoms with E-state index in [1.54, 1.807) is 12.1 Å². The Labute approximate surface area is 200 Å². The Balaban J connectivity index is 1.32. The smallest absolute Gasteiger partial charge is 0.426 e. The van der Waals surface area contributed by atoms with Gasteiger partial charge in [0.15, 0.2) is 0 Å². The van der Waals surface area contributed by atoms with Gasteiger partial charge in [0, 0.05) is 0 Å². The average Bonchev–Trinajstić information content (AvgIpc) is 2.84. The fourth-order valence-electron chi connectivity index (χ4n) is 5.54. The van der Waals surface area contributed by atoms with Gasteiger partial charge in [0.2, 0.25) is 0 Å². The summed E-state index contributed by atoms with van der Waals surface area (Å²) in [7, 11) is 0. The van der Waals surface area contributed by atoms with Crippen molar-refractivity contribution in [3.05, 3.63) is 77.4 Å². The van der Waals surface area contributed by atoms with E-state index in [1.165, 1.54) is 25.0 Å². The Bertz CT molecular complexity index is 931. The molecule has 184 valence electrons. The van der Waals surface area contributed by atoms with Gasteiger partial charge in [0.25, 0.3) is 6.08 Å². The normalized spacial score (nSPS) is 25.6. The molecule has 0 radical (unpaired) electrons. The summed E-state index contributed by atoms with van der Waals surface area (Å²) in [5.74, 6) is 1.98. The third-order valence-electron chi connectivity index (χ3n) is 7.78. The van der Waals surface area contributed by atoms with Gasteiger partial charge < -0.3 is 4.74 Å². The summed E-state index contributed by atoms with van der Waals surface area (Å²) < 4.78 is 59.3. The second kappa shape index (κ2) is 11.0. The summed E-state index contributed by atoms with van der Waals surface area (Å²) >= 11 is 0. The summed E-state index contributed by atoms with van der Waals surface area (Å²) in [4.78, 5) is 0. The van der Waals surface area contributed by atoms with E-state index in [9.17, 15) is 17.6 Å². The molecule has 2 aliphatic carbocycles. The monoisotopic (exact) mass is 474 g/mol. The van der Waals surface area contributed by atoms with Crippen molar-refractivity contribution in [2.75, 3.05) is 0 Å². The first kappa shape index (κ1) is 24.8. The van der Waals surface area contributed by atoms with E-state index in [1.807, 2.05) is 24.3 Å². The number of hydrogen-bond acceptors (Lipinski definition) is 1. The van der Waals surface area contributed by atoms with Crippen LogP contribution in [0, 0.1) is 11.8 Å². The molecular weight excluding hydrogens is 440 g/mol. The maximum Gasteiger partial charge on any atom is 0.426 e. The molecule has 1 nitrogen and oxygen atoms in total. The zero-order valence-electron chi connectivity index (χ0n) is 19.8. The Morgan fingerprint density at radius 1 is 0.794 bits per heavy atom. The van der Waals surface area contributed by atoms with Crippen LogP contribution in [0.25, 0.3) is 0 Å². The second-order valence-corrected chi connectivity index (χ2v) is 10.2. The molecule has 2 aromatic carbocycles. The minimum absolute atomic E-state index is 0.135. The molecule has 2 saturated carbocycles. The minimum atomic E-state index is -3.40. The van der Waals surface area contributed by atoms with Crippen LogP contribution in [0.1, 0.15) is 93.2 Å². The van der Waals surface area contributed by atoms with Crippen molar-refractivity contribution in [3.63, 3.8) is 0 Å². The molecule has 0 spiro atoms. The average molecular weight is 475 g/mol. The van der Waals surface area contributed by atoms with Gasteiger partial charge in [0.05, 0.1) is 5.56 Å². The zero-order chi connectivity index (χ0) is 24.1. The quantitative estimate of drug-likeness (QED) is 0.363. The van der Waals surface area contributed by atoms with E-state index in [0.29, 0.717) is 24.2 Å². The molecule has 4 rings (SSSR count). The summed E-state index contributed by atoms with van der Waals surface area (Å²) in [6.07, 6.45) is 4.72. The molecular formula is C29H34F4O.